The largest absolute Gasteiger partial charge is 0.336 e. The molecular formula is C22H30N4O. The van der Waals surface area contributed by atoms with Crippen LogP contribution in [0.2, 0.25) is 0 Å². The van der Waals surface area contributed by atoms with Gasteiger partial charge in [0.15, 0.2) is 0 Å². The Hall–Kier alpha value is -2.14. The summed E-state index contributed by atoms with van der Waals surface area (Å²) in [5.41, 5.74) is 1.98. The lowest BCUT2D eigenvalue weighted by atomic mass is 9.89. The maximum Gasteiger partial charge on any atom is 0.253 e. The Kier molecular flexibility index (Phi) is 5.87. The van der Waals surface area contributed by atoms with E-state index in [4.69, 9.17) is 0 Å². The normalized spacial score (nSPS) is 19.3. The van der Waals surface area contributed by atoms with Gasteiger partial charge in [-0.25, -0.2) is 4.98 Å². The lowest BCUT2D eigenvalue weighted by Crippen LogP contribution is -2.49. The third-order valence-corrected chi connectivity index (χ3v) is 6.03. The predicted octanol–water partition coefficient (Wildman–Crippen LogP) is 3.27. The van der Waals surface area contributed by atoms with Crippen LogP contribution in [0.3, 0.4) is 0 Å². The van der Waals surface area contributed by atoms with Gasteiger partial charge in [-0.05, 0) is 36.5 Å². The Morgan fingerprint density at radius 1 is 1.00 bits per heavy atom. The summed E-state index contributed by atoms with van der Waals surface area (Å²) in [6.07, 6.45) is 12.6. The Morgan fingerprint density at radius 2 is 1.74 bits per heavy atom. The highest BCUT2D eigenvalue weighted by Crippen LogP contribution is 2.24. The zero-order valence-electron chi connectivity index (χ0n) is 16.1. The molecule has 2 fully saturated rings. The summed E-state index contributed by atoms with van der Waals surface area (Å²) in [5, 5.41) is 0. The molecule has 1 aliphatic carbocycles. The molecule has 2 aromatic rings. The second kappa shape index (κ2) is 8.70. The summed E-state index contributed by atoms with van der Waals surface area (Å²) in [7, 11) is 0. The molecule has 5 nitrogen and oxygen atoms in total. The van der Waals surface area contributed by atoms with Crippen molar-refractivity contribution in [2.75, 3.05) is 32.7 Å². The Morgan fingerprint density at radius 3 is 2.41 bits per heavy atom. The van der Waals surface area contributed by atoms with Gasteiger partial charge in [-0.1, -0.05) is 31.4 Å². The van der Waals surface area contributed by atoms with Gasteiger partial charge >= 0.3 is 0 Å². The molecule has 1 aromatic carbocycles. The fourth-order valence-corrected chi connectivity index (χ4v) is 4.39. The molecule has 1 saturated heterocycles. The fourth-order valence-electron chi connectivity index (χ4n) is 4.39. The van der Waals surface area contributed by atoms with Crippen molar-refractivity contribution in [2.45, 2.75) is 38.6 Å². The van der Waals surface area contributed by atoms with Gasteiger partial charge in [0.1, 0.15) is 0 Å². The predicted molar refractivity (Wildman–Crippen MR) is 107 cm³/mol. The van der Waals surface area contributed by atoms with Gasteiger partial charge in [-0.15, -0.1) is 0 Å². The average Bonchev–Trinajstić information content (AvgIpc) is 3.22. The van der Waals surface area contributed by atoms with Crippen molar-refractivity contribution in [3.8, 4) is 0 Å². The van der Waals surface area contributed by atoms with Gasteiger partial charge in [-0.2, -0.15) is 0 Å². The van der Waals surface area contributed by atoms with Crippen molar-refractivity contribution in [2.24, 2.45) is 5.92 Å². The first-order chi connectivity index (χ1) is 13.3. The van der Waals surface area contributed by atoms with Crippen LogP contribution in [0.5, 0.6) is 0 Å². The molecule has 0 N–H and O–H groups in total. The van der Waals surface area contributed by atoms with Gasteiger partial charge in [0.25, 0.3) is 5.91 Å². The fraction of sp³-hybridized carbons (Fsp3) is 0.545. The van der Waals surface area contributed by atoms with E-state index in [1.54, 1.807) is 6.20 Å². The molecule has 4 rings (SSSR count). The van der Waals surface area contributed by atoms with Crippen molar-refractivity contribution in [1.29, 1.82) is 0 Å². The number of piperazine rings is 1. The van der Waals surface area contributed by atoms with Gasteiger partial charge < -0.3 is 9.47 Å². The van der Waals surface area contributed by atoms with E-state index in [0.29, 0.717) is 0 Å². The molecule has 1 saturated carbocycles. The standard InChI is InChI=1S/C22H30N4O/c27-22(21-8-6-20(7-9-21)17-25-11-10-23-18-25)26-14-12-24(13-15-26)16-19-4-2-1-3-5-19/h6-11,18-19H,1-5,12-17H2. The van der Waals surface area contributed by atoms with E-state index in [1.165, 1.54) is 44.2 Å². The first-order valence-electron chi connectivity index (χ1n) is 10.3. The maximum atomic E-state index is 12.8. The van der Waals surface area contributed by atoms with Crippen molar-refractivity contribution in [3.05, 3.63) is 54.1 Å². The van der Waals surface area contributed by atoms with E-state index in [0.717, 1.165) is 44.2 Å². The number of nitrogens with zero attached hydrogens (tertiary/aromatic N) is 4. The number of benzene rings is 1. The second-order valence-electron chi connectivity index (χ2n) is 8.03. The summed E-state index contributed by atoms with van der Waals surface area (Å²) in [6.45, 7) is 5.74. The number of aromatic nitrogens is 2. The van der Waals surface area contributed by atoms with Gasteiger partial charge in [0, 0.05) is 57.2 Å². The van der Waals surface area contributed by atoms with E-state index < -0.39 is 0 Å². The van der Waals surface area contributed by atoms with Crippen LogP contribution >= 0.6 is 0 Å². The molecule has 1 aromatic heterocycles. The molecule has 0 unspecified atom stereocenters. The molecule has 5 heteroatoms. The molecule has 0 atom stereocenters. The monoisotopic (exact) mass is 366 g/mol. The third-order valence-electron chi connectivity index (χ3n) is 6.03. The number of imidazole rings is 1. The zero-order valence-corrected chi connectivity index (χ0v) is 16.1. The minimum absolute atomic E-state index is 0.168. The zero-order chi connectivity index (χ0) is 18.5. The molecule has 0 radical (unpaired) electrons. The molecule has 0 bridgehead atoms. The number of amides is 1. The lowest BCUT2D eigenvalue weighted by Gasteiger charge is -2.37. The summed E-state index contributed by atoms with van der Waals surface area (Å²) < 4.78 is 2.03. The van der Waals surface area contributed by atoms with Gasteiger partial charge in [-0.3, -0.25) is 9.69 Å². The number of carbonyl (C=O) groups is 1. The van der Waals surface area contributed by atoms with Crippen LogP contribution in [0.25, 0.3) is 0 Å². The molecule has 0 spiro atoms. The molecular weight excluding hydrogens is 336 g/mol. The quantitative estimate of drug-likeness (QED) is 0.815. The molecule has 2 heterocycles. The van der Waals surface area contributed by atoms with Crippen LogP contribution in [0.1, 0.15) is 48.0 Å². The van der Waals surface area contributed by atoms with Crippen molar-refractivity contribution >= 4 is 5.91 Å². The van der Waals surface area contributed by atoms with Gasteiger partial charge in [0.2, 0.25) is 0 Å². The van der Waals surface area contributed by atoms with Crippen LogP contribution in [0.4, 0.5) is 0 Å². The Balaban J connectivity index is 1.27. The van der Waals surface area contributed by atoms with E-state index >= 15 is 0 Å². The van der Waals surface area contributed by atoms with E-state index in [2.05, 4.69) is 9.88 Å². The number of carbonyl (C=O) groups excluding carboxylic acids is 1. The van der Waals surface area contributed by atoms with Crippen LogP contribution in [0.15, 0.2) is 43.0 Å². The Bertz CT molecular complexity index is 711. The highest BCUT2D eigenvalue weighted by Gasteiger charge is 2.24. The molecule has 1 aliphatic heterocycles. The average molecular weight is 367 g/mol. The minimum Gasteiger partial charge on any atom is -0.336 e. The summed E-state index contributed by atoms with van der Waals surface area (Å²) in [6, 6.07) is 8.02. The number of hydrogen-bond acceptors (Lipinski definition) is 3. The minimum atomic E-state index is 0.168. The molecule has 1 amide bonds. The smallest absolute Gasteiger partial charge is 0.253 e. The van der Waals surface area contributed by atoms with Crippen molar-refractivity contribution in [3.63, 3.8) is 0 Å². The first-order valence-corrected chi connectivity index (χ1v) is 10.3. The first kappa shape index (κ1) is 18.2. The van der Waals surface area contributed by atoms with Gasteiger partial charge in [0.05, 0.1) is 6.33 Å². The summed E-state index contributed by atoms with van der Waals surface area (Å²) in [5.74, 6) is 1.05. The van der Waals surface area contributed by atoms with Crippen LogP contribution in [-0.2, 0) is 6.54 Å². The maximum absolute atomic E-state index is 12.8. The molecule has 27 heavy (non-hydrogen) atoms. The number of hydrogen-bond donors (Lipinski definition) is 0. The Labute approximate surface area is 162 Å². The summed E-state index contributed by atoms with van der Waals surface area (Å²) in [4.78, 5) is 21.5. The van der Waals surface area contributed by atoms with Crippen LogP contribution < -0.4 is 0 Å². The highest BCUT2D eigenvalue weighted by molar-refractivity contribution is 5.94. The second-order valence-corrected chi connectivity index (χ2v) is 8.03. The van der Waals surface area contributed by atoms with E-state index in [9.17, 15) is 4.79 Å². The SMILES string of the molecule is O=C(c1ccc(Cn2ccnc2)cc1)N1CCN(CC2CCCCC2)CC1. The number of rotatable bonds is 5. The van der Waals surface area contributed by atoms with E-state index in [1.807, 2.05) is 46.3 Å². The van der Waals surface area contributed by atoms with Crippen molar-refractivity contribution < 1.29 is 4.79 Å². The third kappa shape index (κ3) is 4.78. The molecule has 144 valence electrons. The lowest BCUT2D eigenvalue weighted by molar-refractivity contribution is 0.0606. The van der Waals surface area contributed by atoms with Crippen molar-refractivity contribution in [1.82, 2.24) is 19.4 Å². The van der Waals surface area contributed by atoms with E-state index in [-0.39, 0.29) is 5.91 Å². The highest BCUT2D eigenvalue weighted by atomic mass is 16.2. The van der Waals surface area contributed by atoms with Crippen LogP contribution in [0, 0.1) is 5.92 Å². The summed E-state index contributed by atoms with van der Waals surface area (Å²) >= 11 is 0. The molecule has 2 aliphatic rings. The van der Waals surface area contributed by atoms with Crippen LogP contribution in [-0.4, -0.2) is 58.0 Å². The topological polar surface area (TPSA) is 41.4 Å².